The Hall–Kier alpha value is -0.780. The molecule has 2 unspecified atom stereocenters. The number of aryl methyl sites for hydroxylation is 1. The van der Waals surface area contributed by atoms with Gasteiger partial charge in [0, 0.05) is 6.04 Å². The van der Waals surface area contributed by atoms with Crippen LogP contribution in [0.5, 0.6) is 0 Å². The summed E-state index contributed by atoms with van der Waals surface area (Å²) in [5, 5.41) is 0.380. The van der Waals surface area contributed by atoms with Crippen LogP contribution in [0.1, 0.15) is 31.7 Å². The van der Waals surface area contributed by atoms with Crippen LogP contribution in [0.4, 0.5) is 5.69 Å². The van der Waals surface area contributed by atoms with Gasteiger partial charge in [-0.05, 0) is 49.8 Å². The van der Waals surface area contributed by atoms with Crippen molar-refractivity contribution >= 4 is 27.3 Å². The highest BCUT2D eigenvalue weighted by molar-refractivity contribution is 7.89. The summed E-state index contributed by atoms with van der Waals surface area (Å²) >= 11 is 5.89. The Morgan fingerprint density at radius 3 is 2.63 bits per heavy atom. The van der Waals surface area contributed by atoms with E-state index in [0.29, 0.717) is 16.5 Å². The molecule has 0 heterocycles. The molecular formula is C13H19ClN2O2S. The fourth-order valence-electron chi connectivity index (χ4n) is 2.56. The monoisotopic (exact) mass is 302 g/mol. The summed E-state index contributed by atoms with van der Waals surface area (Å²) in [6, 6.07) is 3.04. The molecule has 0 bridgehead atoms. The maximum Gasteiger partial charge on any atom is 0.241 e. The highest BCUT2D eigenvalue weighted by Crippen LogP contribution is 2.29. The Bertz CT molecular complexity index is 587. The van der Waals surface area contributed by atoms with E-state index in [9.17, 15) is 8.42 Å². The molecule has 4 nitrogen and oxygen atoms in total. The van der Waals surface area contributed by atoms with Gasteiger partial charge in [-0.3, -0.25) is 0 Å². The van der Waals surface area contributed by atoms with Crippen molar-refractivity contribution in [2.45, 2.75) is 44.0 Å². The first kappa shape index (κ1) is 14.6. The van der Waals surface area contributed by atoms with Crippen molar-refractivity contribution in [2.24, 2.45) is 5.92 Å². The molecule has 2 atom stereocenters. The second-order valence-electron chi connectivity index (χ2n) is 5.38. The molecule has 1 aromatic carbocycles. The van der Waals surface area contributed by atoms with Gasteiger partial charge in [-0.15, -0.1) is 0 Å². The van der Waals surface area contributed by atoms with Crippen LogP contribution in [-0.4, -0.2) is 14.5 Å². The van der Waals surface area contributed by atoms with Gasteiger partial charge in [0.25, 0.3) is 0 Å². The second kappa shape index (κ2) is 5.31. The van der Waals surface area contributed by atoms with Gasteiger partial charge in [0.2, 0.25) is 10.0 Å². The third-order valence-electron chi connectivity index (χ3n) is 3.60. The average Bonchev–Trinajstić information content (AvgIpc) is 2.68. The molecule has 2 rings (SSSR count). The Labute approximate surface area is 119 Å². The molecule has 1 aromatic rings. The van der Waals surface area contributed by atoms with Crippen molar-refractivity contribution in [3.63, 3.8) is 0 Å². The third kappa shape index (κ3) is 3.22. The summed E-state index contributed by atoms with van der Waals surface area (Å²) in [6.45, 7) is 3.86. The molecule has 19 heavy (non-hydrogen) atoms. The first-order valence-corrected chi connectivity index (χ1v) is 8.23. The summed E-state index contributed by atoms with van der Waals surface area (Å²) in [5.41, 5.74) is 6.59. The fourth-order valence-corrected chi connectivity index (χ4v) is 4.32. The molecular weight excluding hydrogens is 284 g/mol. The summed E-state index contributed by atoms with van der Waals surface area (Å²) in [5.74, 6) is 0.573. The Balaban J connectivity index is 2.27. The van der Waals surface area contributed by atoms with Crippen molar-refractivity contribution in [3.8, 4) is 0 Å². The van der Waals surface area contributed by atoms with Crippen molar-refractivity contribution in [3.05, 3.63) is 22.7 Å². The predicted octanol–water partition coefficient (Wildman–Crippen LogP) is 2.70. The number of anilines is 1. The van der Waals surface area contributed by atoms with Gasteiger partial charge >= 0.3 is 0 Å². The minimum Gasteiger partial charge on any atom is -0.397 e. The molecule has 0 saturated heterocycles. The van der Waals surface area contributed by atoms with Crippen LogP contribution in [0.25, 0.3) is 0 Å². The predicted molar refractivity (Wildman–Crippen MR) is 77.7 cm³/mol. The maximum atomic E-state index is 12.4. The Morgan fingerprint density at radius 2 is 2.05 bits per heavy atom. The molecule has 0 amide bonds. The number of hydrogen-bond acceptors (Lipinski definition) is 3. The van der Waals surface area contributed by atoms with Crippen LogP contribution in [-0.2, 0) is 10.0 Å². The zero-order valence-electron chi connectivity index (χ0n) is 11.1. The van der Waals surface area contributed by atoms with E-state index in [1.165, 1.54) is 6.07 Å². The lowest BCUT2D eigenvalue weighted by molar-refractivity contribution is 0.538. The molecule has 0 spiro atoms. The first-order chi connectivity index (χ1) is 8.79. The van der Waals surface area contributed by atoms with Crippen molar-refractivity contribution in [1.82, 2.24) is 4.72 Å². The van der Waals surface area contributed by atoms with E-state index in [1.807, 2.05) is 0 Å². The van der Waals surface area contributed by atoms with Crippen LogP contribution in [0.15, 0.2) is 17.0 Å². The molecule has 0 aromatic heterocycles. The standard InChI is InChI=1S/C13H19ClN2O2S/c1-8-3-4-10(5-8)16-19(17,18)13-7-12(15)11(14)6-9(13)2/h6-8,10,16H,3-5,15H2,1-2H3. The Kier molecular flexibility index (Phi) is 4.08. The highest BCUT2D eigenvalue weighted by Gasteiger charge is 2.27. The molecule has 0 radical (unpaired) electrons. The quantitative estimate of drug-likeness (QED) is 0.843. The van der Waals surface area contributed by atoms with Crippen LogP contribution < -0.4 is 10.5 Å². The van der Waals surface area contributed by atoms with Crippen LogP contribution >= 0.6 is 11.6 Å². The zero-order chi connectivity index (χ0) is 14.2. The van der Waals surface area contributed by atoms with Crippen molar-refractivity contribution in [2.75, 3.05) is 5.73 Å². The number of halogens is 1. The van der Waals surface area contributed by atoms with E-state index in [1.54, 1.807) is 13.0 Å². The van der Waals surface area contributed by atoms with Gasteiger partial charge in [-0.2, -0.15) is 0 Å². The molecule has 1 aliphatic carbocycles. The van der Waals surface area contributed by atoms with Crippen molar-refractivity contribution < 1.29 is 8.42 Å². The summed E-state index contributed by atoms with van der Waals surface area (Å²) in [4.78, 5) is 0.217. The van der Waals surface area contributed by atoms with E-state index in [0.717, 1.165) is 19.3 Å². The van der Waals surface area contributed by atoms with Crippen LogP contribution in [0.3, 0.4) is 0 Å². The van der Waals surface area contributed by atoms with E-state index in [-0.39, 0.29) is 16.6 Å². The lowest BCUT2D eigenvalue weighted by Crippen LogP contribution is -2.33. The number of rotatable bonds is 3. The maximum absolute atomic E-state index is 12.4. The topological polar surface area (TPSA) is 72.2 Å². The van der Waals surface area contributed by atoms with Gasteiger partial charge in [0.05, 0.1) is 15.6 Å². The number of sulfonamides is 1. The summed E-state index contributed by atoms with van der Waals surface area (Å²) in [6.07, 6.45) is 2.85. The van der Waals surface area contributed by atoms with Crippen molar-refractivity contribution in [1.29, 1.82) is 0 Å². The van der Waals surface area contributed by atoms with Crippen LogP contribution in [0, 0.1) is 12.8 Å². The number of nitrogens with one attached hydrogen (secondary N) is 1. The number of nitrogens with two attached hydrogens (primary N) is 1. The first-order valence-electron chi connectivity index (χ1n) is 6.37. The lowest BCUT2D eigenvalue weighted by atomic mass is 10.1. The number of nitrogen functional groups attached to an aromatic ring is 1. The van der Waals surface area contributed by atoms with Gasteiger partial charge in [0.1, 0.15) is 0 Å². The van der Waals surface area contributed by atoms with Gasteiger partial charge in [0.15, 0.2) is 0 Å². The normalized spacial score (nSPS) is 23.7. The highest BCUT2D eigenvalue weighted by atomic mass is 35.5. The molecule has 1 fully saturated rings. The van der Waals surface area contributed by atoms with E-state index < -0.39 is 10.0 Å². The minimum absolute atomic E-state index is 0.0244. The fraction of sp³-hybridized carbons (Fsp3) is 0.538. The summed E-state index contributed by atoms with van der Waals surface area (Å²) < 4.78 is 27.5. The molecule has 0 aliphatic heterocycles. The van der Waals surface area contributed by atoms with Gasteiger partial charge in [-0.25, -0.2) is 13.1 Å². The van der Waals surface area contributed by atoms with E-state index in [4.69, 9.17) is 17.3 Å². The molecule has 3 N–H and O–H groups in total. The SMILES string of the molecule is Cc1cc(Cl)c(N)cc1S(=O)(=O)NC1CCC(C)C1. The number of benzene rings is 1. The van der Waals surface area contributed by atoms with Gasteiger partial charge in [-0.1, -0.05) is 18.5 Å². The smallest absolute Gasteiger partial charge is 0.241 e. The third-order valence-corrected chi connectivity index (χ3v) is 5.59. The lowest BCUT2D eigenvalue weighted by Gasteiger charge is -2.15. The van der Waals surface area contributed by atoms with E-state index in [2.05, 4.69) is 11.6 Å². The number of hydrogen-bond donors (Lipinski definition) is 2. The minimum atomic E-state index is -3.53. The Morgan fingerprint density at radius 1 is 1.37 bits per heavy atom. The molecule has 1 saturated carbocycles. The largest absolute Gasteiger partial charge is 0.397 e. The average molecular weight is 303 g/mol. The van der Waals surface area contributed by atoms with E-state index >= 15 is 0 Å². The molecule has 1 aliphatic rings. The molecule has 106 valence electrons. The summed E-state index contributed by atoms with van der Waals surface area (Å²) in [7, 11) is -3.53. The van der Waals surface area contributed by atoms with Crippen LogP contribution in [0.2, 0.25) is 5.02 Å². The molecule has 6 heteroatoms. The van der Waals surface area contributed by atoms with Gasteiger partial charge < -0.3 is 5.73 Å². The zero-order valence-corrected chi connectivity index (χ0v) is 12.7. The second-order valence-corrected chi connectivity index (χ2v) is 7.47.